The van der Waals surface area contributed by atoms with Gasteiger partial charge in [-0.25, -0.2) is 4.58 Å². The molecular weight excluding hydrogens is 373 g/mol. The molecule has 0 bridgehead atoms. The Hall–Kier alpha value is -0.200. The molecule has 0 N–H and O–H groups in total. The van der Waals surface area contributed by atoms with Crippen LogP contribution in [0.4, 0.5) is 0 Å². The molecule has 1 aromatic carbocycles. The number of aryl methyl sites for hydroxylation is 1. The van der Waals surface area contributed by atoms with Crippen LogP contribution >= 0.6 is 20.7 Å². The van der Waals surface area contributed by atoms with Gasteiger partial charge in [-0.15, -0.1) is 0 Å². The van der Waals surface area contributed by atoms with Crippen LogP contribution in [0, 0.1) is 6.92 Å². The maximum Gasteiger partial charge on any atom is 0.267 e. The molecule has 1 heterocycles. The highest BCUT2D eigenvalue weighted by molar-refractivity contribution is 7.69. The minimum absolute atomic E-state index is 0. The Kier molecular flexibility index (Phi) is 6.52. The minimum atomic E-state index is 0. The van der Waals surface area contributed by atoms with Crippen molar-refractivity contribution >= 4 is 20.7 Å². The fourth-order valence-corrected chi connectivity index (χ4v) is 4.37. The predicted octanol–water partition coefficient (Wildman–Crippen LogP) is 0.601. The average Bonchev–Trinajstić information content (AvgIpc) is 2.81. The third-order valence-electron chi connectivity index (χ3n) is 2.88. The van der Waals surface area contributed by atoms with E-state index in [-0.39, 0.29) is 24.0 Å². The number of nitrogens with zero attached hydrogens (tertiary/aromatic N) is 1. The lowest BCUT2D eigenvalue weighted by Gasteiger charge is -1.96. The minimum Gasteiger partial charge on any atom is -1.00 e. The summed E-state index contributed by atoms with van der Waals surface area (Å²) in [5, 5.41) is 0. The van der Waals surface area contributed by atoms with Gasteiger partial charge in [-0.3, -0.25) is 0 Å². The second-order valence-corrected chi connectivity index (χ2v) is 6.24. The van der Waals surface area contributed by atoms with E-state index in [1.165, 1.54) is 20.7 Å². The van der Waals surface area contributed by atoms with E-state index >= 15 is 0 Å². The van der Waals surface area contributed by atoms with E-state index in [1.807, 2.05) is 20.7 Å². The highest BCUT2D eigenvalue weighted by Crippen LogP contribution is 2.25. The molecular formula is C14H18INS2. The zero-order chi connectivity index (χ0) is 12.3. The van der Waals surface area contributed by atoms with Crippen LogP contribution in [0.1, 0.15) is 19.4 Å². The summed E-state index contributed by atoms with van der Waals surface area (Å²) >= 11 is 0. The van der Waals surface area contributed by atoms with Crippen molar-refractivity contribution in [1.29, 1.82) is 0 Å². The van der Waals surface area contributed by atoms with Crippen molar-refractivity contribution in [2.45, 2.75) is 20.8 Å². The quantitative estimate of drug-likeness (QED) is 0.410. The number of rotatable bonds is 3. The molecule has 0 unspecified atom stereocenters. The normalized spacial score (nSPS) is 9.94. The van der Waals surface area contributed by atoms with Crippen LogP contribution in [-0.2, 0) is 0 Å². The average molecular weight is 391 g/mol. The molecule has 2 rings (SSSR count). The Labute approximate surface area is 133 Å². The highest BCUT2D eigenvalue weighted by Gasteiger charge is 2.06. The summed E-state index contributed by atoms with van der Waals surface area (Å²) < 4.78 is 3.79. The summed E-state index contributed by atoms with van der Waals surface area (Å²) in [4.78, 5) is 1.37. The van der Waals surface area contributed by atoms with Gasteiger partial charge in [-0.05, 0) is 36.7 Å². The third-order valence-corrected chi connectivity index (χ3v) is 5.35. The maximum atomic E-state index is 2.40. The summed E-state index contributed by atoms with van der Waals surface area (Å²) in [5.74, 6) is 0. The van der Waals surface area contributed by atoms with E-state index in [1.54, 1.807) is 0 Å². The number of benzene rings is 1. The van der Waals surface area contributed by atoms with Crippen molar-refractivity contribution < 1.29 is 24.0 Å². The van der Waals surface area contributed by atoms with Gasteiger partial charge in [0.05, 0.1) is 4.88 Å². The smallest absolute Gasteiger partial charge is 0.267 e. The van der Waals surface area contributed by atoms with E-state index in [0.717, 1.165) is 13.1 Å². The first-order chi connectivity index (χ1) is 8.24. The van der Waals surface area contributed by atoms with Gasteiger partial charge in [0.25, 0.3) is 4.67 Å². The van der Waals surface area contributed by atoms with E-state index in [2.05, 4.69) is 55.7 Å². The van der Waals surface area contributed by atoms with Crippen molar-refractivity contribution in [3.05, 3.63) is 40.6 Å². The van der Waals surface area contributed by atoms with Crippen molar-refractivity contribution in [2.75, 3.05) is 13.1 Å². The molecule has 0 aliphatic rings. The van der Waals surface area contributed by atoms with E-state index in [4.69, 9.17) is 0 Å². The summed E-state index contributed by atoms with van der Waals surface area (Å²) in [5.41, 5.74) is 2.65. The number of halogens is 1. The molecule has 18 heavy (non-hydrogen) atoms. The molecule has 0 radical (unpaired) electrons. The molecule has 0 aliphatic heterocycles. The molecule has 0 amide bonds. The molecule has 0 spiro atoms. The van der Waals surface area contributed by atoms with Gasteiger partial charge in [0, 0.05) is 6.07 Å². The fraction of sp³-hybridized carbons (Fsp3) is 0.357. The fourth-order valence-electron chi connectivity index (χ4n) is 1.78. The molecule has 0 saturated carbocycles. The number of hydrogen-bond donors (Lipinski definition) is 0. The van der Waals surface area contributed by atoms with Gasteiger partial charge in [-0.1, -0.05) is 40.2 Å². The van der Waals surface area contributed by atoms with Crippen LogP contribution in [0.3, 0.4) is 0 Å². The monoisotopic (exact) mass is 391 g/mol. The first-order valence-corrected chi connectivity index (χ1v) is 8.14. The zero-order valence-electron chi connectivity index (χ0n) is 10.9. The van der Waals surface area contributed by atoms with Crippen LogP contribution < -0.4 is 33.2 Å². The van der Waals surface area contributed by atoms with Gasteiger partial charge >= 0.3 is 0 Å². The zero-order valence-corrected chi connectivity index (χ0v) is 14.7. The van der Waals surface area contributed by atoms with Crippen molar-refractivity contribution in [3.8, 4) is 10.4 Å². The maximum absolute atomic E-state index is 2.40. The SMILES string of the molecule is CC[N+](CC)=c1cc(-c2ccc(C)cc2)ss1.[I-]. The Morgan fingerprint density at radius 2 is 1.61 bits per heavy atom. The van der Waals surface area contributed by atoms with Gasteiger partial charge in [-0.2, -0.15) is 0 Å². The molecule has 0 aliphatic carbocycles. The van der Waals surface area contributed by atoms with Crippen LogP contribution in [0.2, 0.25) is 0 Å². The van der Waals surface area contributed by atoms with Gasteiger partial charge in [0.1, 0.15) is 13.1 Å². The molecule has 1 nitrogen and oxygen atoms in total. The lowest BCUT2D eigenvalue weighted by atomic mass is 10.1. The Morgan fingerprint density at radius 3 is 2.17 bits per heavy atom. The lowest BCUT2D eigenvalue weighted by molar-refractivity contribution is -0.00000347. The third kappa shape index (κ3) is 3.65. The second kappa shape index (κ2) is 7.40. The summed E-state index contributed by atoms with van der Waals surface area (Å²) in [6.45, 7) is 8.70. The summed E-state index contributed by atoms with van der Waals surface area (Å²) in [6, 6.07) is 11.1. The highest BCUT2D eigenvalue weighted by atomic mass is 127. The van der Waals surface area contributed by atoms with Gasteiger partial charge in [0.2, 0.25) is 0 Å². The Morgan fingerprint density at radius 1 is 1.00 bits per heavy atom. The predicted molar refractivity (Wildman–Crippen MR) is 78.7 cm³/mol. The first kappa shape index (κ1) is 15.9. The Bertz CT molecular complexity index is 546. The lowest BCUT2D eigenvalue weighted by Crippen LogP contribution is -3.00. The van der Waals surface area contributed by atoms with E-state index in [9.17, 15) is 0 Å². The molecule has 2 aromatic rings. The molecule has 0 fully saturated rings. The van der Waals surface area contributed by atoms with Crippen molar-refractivity contribution in [1.82, 2.24) is 4.58 Å². The van der Waals surface area contributed by atoms with Gasteiger partial charge in [0.15, 0.2) is 0 Å². The topological polar surface area (TPSA) is 3.01 Å². The van der Waals surface area contributed by atoms with Crippen molar-refractivity contribution in [3.63, 3.8) is 0 Å². The van der Waals surface area contributed by atoms with Crippen LogP contribution in [-0.4, -0.2) is 13.1 Å². The molecule has 98 valence electrons. The van der Waals surface area contributed by atoms with Crippen LogP contribution in [0.25, 0.3) is 10.4 Å². The first-order valence-electron chi connectivity index (χ1n) is 5.99. The summed E-state index contributed by atoms with van der Waals surface area (Å²) in [7, 11) is 3.74. The largest absolute Gasteiger partial charge is 1.00 e. The van der Waals surface area contributed by atoms with Crippen LogP contribution in [0.5, 0.6) is 0 Å². The number of hydrogen-bond acceptors (Lipinski definition) is 2. The van der Waals surface area contributed by atoms with E-state index < -0.39 is 0 Å². The van der Waals surface area contributed by atoms with Crippen molar-refractivity contribution in [2.24, 2.45) is 0 Å². The summed E-state index contributed by atoms with van der Waals surface area (Å²) in [6.07, 6.45) is 0. The standard InChI is InChI=1S/C14H18NS2.HI/c1-4-15(5-2)14-10-13(16-17-14)12-8-6-11(3)7-9-12;/h6-10H,4-5H2,1-3H3;1H/q+1;/p-1. The molecule has 4 heteroatoms. The second-order valence-electron chi connectivity index (χ2n) is 4.05. The van der Waals surface area contributed by atoms with Crippen LogP contribution in [0.15, 0.2) is 30.3 Å². The molecule has 0 saturated heterocycles. The molecule has 1 aromatic heterocycles. The van der Waals surface area contributed by atoms with E-state index in [0.29, 0.717) is 0 Å². The van der Waals surface area contributed by atoms with Gasteiger partial charge < -0.3 is 24.0 Å². The Balaban J connectivity index is 0.00000162. The molecule has 0 atom stereocenters.